The van der Waals surface area contributed by atoms with E-state index in [4.69, 9.17) is 5.73 Å². The second-order valence-electron chi connectivity index (χ2n) is 8.52. The lowest BCUT2D eigenvalue weighted by Gasteiger charge is -2.11. The molecule has 0 spiro atoms. The highest BCUT2D eigenvalue weighted by Crippen LogP contribution is 2.39. The normalized spacial score (nSPS) is 12.3. The highest BCUT2D eigenvalue weighted by Gasteiger charge is 2.30. The number of primary amides is 1. The van der Waals surface area contributed by atoms with E-state index in [1.807, 2.05) is 45.2 Å². The number of carbonyl (C=O) groups excluding carboxylic acids is 1. The summed E-state index contributed by atoms with van der Waals surface area (Å²) in [5.74, 6) is 0. The zero-order valence-electron chi connectivity index (χ0n) is 20.2. The van der Waals surface area contributed by atoms with Gasteiger partial charge in [0.05, 0.1) is 26.9 Å². The lowest BCUT2D eigenvalue weighted by molar-refractivity contribution is 0.249. The number of sulfonamides is 2. The van der Waals surface area contributed by atoms with Crippen LogP contribution in [-0.2, 0) is 20.0 Å². The first-order valence-electron chi connectivity index (χ1n) is 11.4. The Morgan fingerprint density at radius 2 is 1.07 bits per heavy atom. The maximum absolute atomic E-state index is 13.3. The molecule has 0 aliphatic heterocycles. The lowest BCUT2D eigenvalue weighted by atomic mass is 10.1. The topological polar surface area (TPSA) is 160 Å². The van der Waals surface area contributed by atoms with Crippen LogP contribution in [0, 0.1) is 7.14 Å². The van der Waals surface area contributed by atoms with Crippen LogP contribution in [0.5, 0.6) is 0 Å². The summed E-state index contributed by atoms with van der Waals surface area (Å²) in [6, 6.07) is 21.9. The number of para-hydroxylation sites is 2. The lowest BCUT2D eigenvalue weighted by Crippen LogP contribution is -2.26. The number of hydrazone groups is 1. The summed E-state index contributed by atoms with van der Waals surface area (Å²) in [5, 5.41) is 4.11. The molecule has 204 valence electrons. The van der Waals surface area contributed by atoms with Gasteiger partial charge in [-0.25, -0.2) is 27.1 Å². The van der Waals surface area contributed by atoms with Crippen LogP contribution >= 0.6 is 45.2 Å². The van der Waals surface area contributed by atoms with E-state index < -0.39 is 26.1 Å². The molecular weight excluding hydrogens is 780 g/mol. The summed E-state index contributed by atoms with van der Waals surface area (Å²) in [6.45, 7) is 0. The summed E-state index contributed by atoms with van der Waals surface area (Å²) < 4.78 is 59.6. The summed E-state index contributed by atoms with van der Waals surface area (Å²) in [7, 11) is -8.00. The second-order valence-corrected chi connectivity index (χ2v) is 14.2. The smallest absolute Gasteiger partial charge is 0.332 e. The van der Waals surface area contributed by atoms with Crippen molar-refractivity contribution in [3.63, 3.8) is 0 Å². The highest BCUT2D eigenvalue weighted by atomic mass is 127. The zero-order valence-corrected chi connectivity index (χ0v) is 26.2. The number of fused-ring (bicyclic) bond motifs is 3. The Balaban J connectivity index is 1.57. The van der Waals surface area contributed by atoms with E-state index in [1.165, 1.54) is 24.3 Å². The molecule has 0 radical (unpaired) electrons. The molecule has 0 atom stereocenters. The van der Waals surface area contributed by atoms with Gasteiger partial charge in [-0.1, -0.05) is 36.4 Å². The minimum atomic E-state index is -4.00. The molecular formula is C26H19I2N5O5S2. The van der Waals surface area contributed by atoms with Crippen molar-refractivity contribution in [2.24, 2.45) is 10.8 Å². The van der Waals surface area contributed by atoms with Crippen molar-refractivity contribution in [2.75, 3.05) is 9.44 Å². The average molecular weight is 799 g/mol. The fourth-order valence-electron chi connectivity index (χ4n) is 4.11. The number of carbonyl (C=O) groups is 1. The van der Waals surface area contributed by atoms with Crippen molar-refractivity contribution >= 4 is 88.3 Å². The second kappa shape index (κ2) is 11.0. The van der Waals surface area contributed by atoms with E-state index >= 15 is 0 Å². The van der Waals surface area contributed by atoms with Gasteiger partial charge in [0, 0.05) is 18.3 Å². The Labute approximate surface area is 257 Å². The van der Waals surface area contributed by atoms with E-state index in [1.54, 1.807) is 60.7 Å². The van der Waals surface area contributed by atoms with E-state index in [0.29, 0.717) is 33.6 Å². The van der Waals surface area contributed by atoms with Gasteiger partial charge in [0.25, 0.3) is 20.0 Å². The molecule has 2 amide bonds. The van der Waals surface area contributed by atoms with E-state index in [-0.39, 0.29) is 15.5 Å². The molecule has 4 aromatic carbocycles. The van der Waals surface area contributed by atoms with Gasteiger partial charge in [0.15, 0.2) is 0 Å². The molecule has 5 rings (SSSR count). The van der Waals surface area contributed by atoms with Crippen molar-refractivity contribution in [3.8, 4) is 11.1 Å². The van der Waals surface area contributed by atoms with Crippen LogP contribution in [0.25, 0.3) is 11.1 Å². The third-order valence-electron chi connectivity index (χ3n) is 5.92. The molecule has 5 N–H and O–H groups in total. The van der Waals surface area contributed by atoms with Crippen LogP contribution < -0.4 is 20.6 Å². The largest absolute Gasteiger partial charge is 0.350 e. The number of nitrogens with one attached hydrogen (secondary N) is 3. The minimum absolute atomic E-state index is 0.0429. The summed E-state index contributed by atoms with van der Waals surface area (Å²) in [5.41, 5.74) is 10.4. The number of nitrogens with zero attached hydrogens (tertiary/aromatic N) is 1. The number of hydrogen-bond acceptors (Lipinski definition) is 6. The van der Waals surface area contributed by atoms with Crippen molar-refractivity contribution < 1.29 is 21.6 Å². The number of benzene rings is 4. The molecule has 1 aliphatic carbocycles. The quantitative estimate of drug-likeness (QED) is 0.136. The maximum atomic E-state index is 13.3. The number of halogens is 2. The van der Waals surface area contributed by atoms with E-state index in [9.17, 15) is 21.6 Å². The third kappa shape index (κ3) is 5.65. The predicted octanol–water partition coefficient (Wildman–Crippen LogP) is 4.90. The first-order chi connectivity index (χ1) is 19.0. The average Bonchev–Trinajstić information content (AvgIpc) is 3.22. The molecule has 14 heteroatoms. The first-order valence-corrected chi connectivity index (χ1v) is 16.6. The van der Waals surface area contributed by atoms with Crippen LogP contribution in [0.3, 0.4) is 0 Å². The fourth-order valence-corrected chi connectivity index (χ4v) is 7.74. The van der Waals surface area contributed by atoms with Gasteiger partial charge in [-0.3, -0.25) is 9.44 Å². The number of nitrogens with two attached hydrogens (primary N) is 1. The molecule has 0 aromatic heterocycles. The molecule has 0 saturated carbocycles. The van der Waals surface area contributed by atoms with Crippen LogP contribution in [-0.4, -0.2) is 28.6 Å². The van der Waals surface area contributed by atoms with Gasteiger partial charge in [0.1, 0.15) is 0 Å². The van der Waals surface area contributed by atoms with Crippen LogP contribution in [0.15, 0.2) is 99.8 Å². The fraction of sp³-hybridized carbons (Fsp3) is 0. The Morgan fingerprint density at radius 1 is 0.650 bits per heavy atom. The predicted molar refractivity (Wildman–Crippen MR) is 170 cm³/mol. The molecule has 0 bridgehead atoms. The summed E-state index contributed by atoms with van der Waals surface area (Å²) >= 11 is 4.07. The number of rotatable bonds is 7. The third-order valence-corrected chi connectivity index (χ3v) is 10.5. The van der Waals surface area contributed by atoms with E-state index in [0.717, 1.165) is 7.14 Å². The maximum Gasteiger partial charge on any atom is 0.332 e. The molecule has 4 aromatic rings. The summed E-state index contributed by atoms with van der Waals surface area (Å²) in [6.07, 6.45) is 0. The Hall–Kier alpha value is -3.22. The van der Waals surface area contributed by atoms with Gasteiger partial charge in [0.2, 0.25) is 0 Å². The monoisotopic (exact) mass is 799 g/mol. The van der Waals surface area contributed by atoms with Crippen molar-refractivity contribution in [1.82, 2.24) is 5.43 Å². The number of amides is 2. The van der Waals surface area contributed by atoms with Gasteiger partial charge in [-0.15, -0.1) is 0 Å². The highest BCUT2D eigenvalue weighted by molar-refractivity contribution is 14.1. The van der Waals surface area contributed by atoms with Gasteiger partial charge < -0.3 is 5.73 Å². The summed E-state index contributed by atoms with van der Waals surface area (Å²) in [4.78, 5) is 11.4. The molecule has 10 nitrogen and oxygen atoms in total. The van der Waals surface area contributed by atoms with Gasteiger partial charge in [-0.2, -0.15) is 5.10 Å². The Kier molecular flexibility index (Phi) is 7.77. The van der Waals surface area contributed by atoms with Gasteiger partial charge in [-0.05, 0) is 105 Å². The first kappa shape index (κ1) is 28.3. The van der Waals surface area contributed by atoms with Crippen LogP contribution in [0.4, 0.5) is 16.2 Å². The van der Waals surface area contributed by atoms with E-state index in [2.05, 4.69) is 20.0 Å². The molecule has 1 aliphatic rings. The van der Waals surface area contributed by atoms with Crippen LogP contribution in [0.2, 0.25) is 0 Å². The van der Waals surface area contributed by atoms with Crippen LogP contribution in [0.1, 0.15) is 11.1 Å². The van der Waals surface area contributed by atoms with Crippen molar-refractivity contribution in [2.45, 2.75) is 9.79 Å². The van der Waals surface area contributed by atoms with Crippen molar-refractivity contribution in [3.05, 3.63) is 103 Å². The molecule has 0 heterocycles. The number of hydrogen-bond donors (Lipinski definition) is 4. The standard InChI is InChI=1S/C26H19I2N5O5S2/c27-21-5-1-3-7-23(21)32-39(35,36)15-9-11-17-18-12-10-16(40(37,38)33-24-8-4-2-6-22(24)28)14-20(18)25(19(17)13-15)30-31-26(29)34/h1-14,32-33H,(H3,29,31,34). The van der Waals surface area contributed by atoms with Gasteiger partial charge >= 0.3 is 6.03 Å². The molecule has 0 saturated heterocycles. The number of urea groups is 1. The molecule has 0 unspecified atom stereocenters. The minimum Gasteiger partial charge on any atom is -0.350 e. The zero-order chi connectivity index (χ0) is 28.7. The molecule has 0 fully saturated rings. The van der Waals surface area contributed by atoms with Crippen molar-refractivity contribution in [1.29, 1.82) is 0 Å². The Morgan fingerprint density at radius 3 is 1.48 bits per heavy atom. The number of anilines is 2. The Bertz CT molecular complexity index is 1800. The SMILES string of the molecule is NC(=O)NN=C1c2cc(S(=O)(=O)Nc3ccccc3I)ccc2-c2ccc(S(=O)(=O)Nc3ccccc3I)cc21. The molecule has 40 heavy (non-hydrogen) atoms.